The highest BCUT2D eigenvalue weighted by atomic mass is 79.9. The number of carbonyl (C=O) groups is 1. The van der Waals surface area contributed by atoms with Gasteiger partial charge in [0.1, 0.15) is 18.2 Å². The third-order valence-corrected chi connectivity index (χ3v) is 3.56. The molecule has 0 unspecified atom stereocenters. The van der Waals surface area contributed by atoms with Gasteiger partial charge in [0, 0.05) is 10.0 Å². The lowest BCUT2D eigenvalue weighted by Crippen LogP contribution is -2.01. The molecule has 2 rings (SSSR count). The molecule has 0 aliphatic rings. The van der Waals surface area contributed by atoms with Crippen molar-refractivity contribution in [2.45, 2.75) is 13.5 Å². The van der Waals surface area contributed by atoms with E-state index in [1.165, 1.54) is 18.2 Å². The molecule has 0 spiro atoms. The molecule has 0 radical (unpaired) electrons. The summed E-state index contributed by atoms with van der Waals surface area (Å²) in [7, 11) is 0. The van der Waals surface area contributed by atoms with Crippen LogP contribution in [-0.2, 0) is 6.61 Å². The van der Waals surface area contributed by atoms with Crippen molar-refractivity contribution in [2.75, 3.05) is 0 Å². The number of carboxylic acids is 1. The molecule has 1 N–H and O–H groups in total. The predicted octanol–water partition coefficient (Wildman–Crippen LogP) is 4.17. The minimum atomic E-state index is -0.971. The zero-order valence-corrected chi connectivity index (χ0v) is 12.3. The number of aryl methyl sites for hydroxylation is 1. The standard InChI is InChI=1S/C15H12BrFO3/c1-9-6-10(15(18)19)3-5-14(9)20-8-11-2-4-12(17)7-13(11)16/h2-7H,8H2,1H3,(H,18,19). The first-order valence-electron chi connectivity index (χ1n) is 5.88. The first-order chi connectivity index (χ1) is 9.47. The fraction of sp³-hybridized carbons (Fsp3) is 0.133. The van der Waals surface area contributed by atoms with E-state index in [4.69, 9.17) is 9.84 Å². The van der Waals surface area contributed by atoms with E-state index in [0.29, 0.717) is 10.2 Å². The molecule has 0 aliphatic carbocycles. The van der Waals surface area contributed by atoms with Gasteiger partial charge in [-0.15, -0.1) is 0 Å². The molecule has 0 aromatic heterocycles. The summed E-state index contributed by atoms with van der Waals surface area (Å²) in [4.78, 5) is 10.8. The molecule has 20 heavy (non-hydrogen) atoms. The second kappa shape index (κ2) is 6.05. The van der Waals surface area contributed by atoms with Crippen LogP contribution < -0.4 is 4.74 Å². The van der Waals surface area contributed by atoms with Crippen LogP contribution in [-0.4, -0.2) is 11.1 Å². The molecule has 2 aromatic carbocycles. The van der Waals surface area contributed by atoms with Crippen LogP contribution in [0.4, 0.5) is 4.39 Å². The number of halogens is 2. The Morgan fingerprint density at radius 3 is 2.65 bits per heavy atom. The maximum absolute atomic E-state index is 13.0. The number of rotatable bonds is 4. The van der Waals surface area contributed by atoms with Crippen molar-refractivity contribution >= 4 is 21.9 Å². The summed E-state index contributed by atoms with van der Waals surface area (Å²) in [5.41, 5.74) is 1.77. The summed E-state index contributed by atoms with van der Waals surface area (Å²) in [5.74, 6) is -0.685. The highest BCUT2D eigenvalue weighted by Gasteiger charge is 2.08. The van der Waals surface area contributed by atoms with Crippen molar-refractivity contribution in [2.24, 2.45) is 0 Å². The summed E-state index contributed by atoms with van der Waals surface area (Å²) in [6.07, 6.45) is 0. The maximum atomic E-state index is 13.0. The van der Waals surface area contributed by atoms with Crippen molar-refractivity contribution in [1.82, 2.24) is 0 Å². The molecule has 3 nitrogen and oxygen atoms in total. The highest BCUT2D eigenvalue weighted by Crippen LogP contribution is 2.23. The van der Waals surface area contributed by atoms with E-state index in [0.717, 1.165) is 11.1 Å². The first-order valence-corrected chi connectivity index (χ1v) is 6.67. The van der Waals surface area contributed by atoms with Crippen LogP contribution in [0.2, 0.25) is 0 Å². The normalized spacial score (nSPS) is 10.3. The summed E-state index contributed by atoms with van der Waals surface area (Å²) in [6.45, 7) is 2.05. The quantitative estimate of drug-likeness (QED) is 0.909. The average Bonchev–Trinajstić information content (AvgIpc) is 2.38. The van der Waals surface area contributed by atoms with Gasteiger partial charge in [0.2, 0.25) is 0 Å². The Labute approximate surface area is 124 Å². The highest BCUT2D eigenvalue weighted by molar-refractivity contribution is 9.10. The van der Waals surface area contributed by atoms with E-state index in [2.05, 4.69) is 15.9 Å². The van der Waals surface area contributed by atoms with Crippen LogP contribution in [0.15, 0.2) is 40.9 Å². The molecule has 0 heterocycles. The van der Waals surface area contributed by atoms with E-state index < -0.39 is 5.97 Å². The molecule has 0 aliphatic heterocycles. The van der Waals surface area contributed by atoms with Gasteiger partial charge in [-0.1, -0.05) is 22.0 Å². The van der Waals surface area contributed by atoms with Gasteiger partial charge in [-0.05, 0) is 42.8 Å². The summed E-state index contributed by atoms with van der Waals surface area (Å²) in [5, 5.41) is 8.89. The Morgan fingerprint density at radius 2 is 2.05 bits per heavy atom. The Hall–Kier alpha value is -1.88. The molecule has 0 amide bonds. The van der Waals surface area contributed by atoms with Gasteiger partial charge in [0.15, 0.2) is 0 Å². The van der Waals surface area contributed by atoms with Crippen molar-refractivity contribution in [3.63, 3.8) is 0 Å². The third-order valence-electron chi connectivity index (χ3n) is 2.82. The zero-order valence-electron chi connectivity index (χ0n) is 10.7. The minimum Gasteiger partial charge on any atom is -0.489 e. The van der Waals surface area contributed by atoms with Crippen LogP contribution >= 0.6 is 15.9 Å². The Balaban J connectivity index is 2.13. The van der Waals surface area contributed by atoms with Gasteiger partial charge in [-0.2, -0.15) is 0 Å². The lowest BCUT2D eigenvalue weighted by Gasteiger charge is -2.11. The van der Waals surface area contributed by atoms with E-state index >= 15 is 0 Å². The van der Waals surface area contributed by atoms with Crippen LogP contribution in [0.5, 0.6) is 5.75 Å². The van der Waals surface area contributed by atoms with Crippen LogP contribution in [0.25, 0.3) is 0 Å². The van der Waals surface area contributed by atoms with E-state index in [-0.39, 0.29) is 18.0 Å². The Bertz CT molecular complexity index is 656. The predicted molar refractivity (Wildman–Crippen MR) is 76.6 cm³/mol. The third kappa shape index (κ3) is 3.36. The first kappa shape index (κ1) is 14.5. The van der Waals surface area contributed by atoms with Crippen LogP contribution in [0.1, 0.15) is 21.5 Å². The monoisotopic (exact) mass is 338 g/mol. The van der Waals surface area contributed by atoms with Crippen LogP contribution in [0, 0.1) is 12.7 Å². The number of aromatic carboxylic acids is 1. The lowest BCUT2D eigenvalue weighted by molar-refractivity contribution is 0.0696. The lowest BCUT2D eigenvalue weighted by atomic mass is 10.1. The molecule has 0 saturated heterocycles. The van der Waals surface area contributed by atoms with Gasteiger partial charge in [0.25, 0.3) is 0 Å². The Morgan fingerprint density at radius 1 is 1.30 bits per heavy atom. The van der Waals surface area contributed by atoms with E-state index in [1.807, 2.05) is 0 Å². The van der Waals surface area contributed by atoms with Crippen molar-refractivity contribution < 1.29 is 19.0 Å². The molecular formula is C15H12BrFO3. The number of ether oxygens (including phenoxy) is 1. The average molecular weight is 339 g/mol. The van der Waals surface area contributed by atoms with E-state index in [9.17, 15) is 9.18 Å². The van der Waals surface area contributed by atoms with Gasteiger partial charge in [0.05, 0.1) is 5.56 Å². The largest absolute Gasteiger partial charge is 0.489 e. The van der Waals surface area contributed by atoms with Gasteiger partial charge < -0.3 is 9.84 Å². The zero-order chi connectivity index (χ0) is 14.7. The summed E-state index contributed by atoms with van der Waals surface area (Å²) < 4.78 is 19.2. The smallest absolute Gasteiger partial charge is 0.335 e. The molecule has 0 saturated carbocycles. The van der Waals surface area contributed by atoms with Gasteiger partial charge in [-0.25, -0.2) is 9.18 Å². The molecule has 104 valence electrons. The Kier molecular flexibility index (Phi) is 4.39. The second-order valence-corrected chi connectivity index (χ2v) is 5.16. The molecule has 5 heteroatoms. The van der Waals surface area contributed by atoms with Crippen molar-refractivity contribution in [3.8, 4) is 5.75 Å². The number of hydrogen-bond acceptors (Lipinski definition) is 2. The molecule has 0 fully saturated rings. The van der Waals surface area contributed by atoms with Gasteiger partial charge >= 0.3 is 5.97 Å². The molecule has 2 aromatic rings. The number of hydrogen-bond donors (Lipinski definition) is 1. The van der Waals surface area contributed by atoms with Crippen molar-refractivity contribution in [3.05, 3.63) is 63.4 Å². The second-order valence-electron chi connectivity index (χ2n) is 4.31. The summed E-state index contributed by atoms with van der Waals surface area (Å²) in [6, 6.07) is 9.04. The fourth-order valence-corrected chi connectivity index (χ4v) is 2.20. The number of carboxylic acid groups (broad SMARTS) is 1. The van der Waals surface area contributed by atoms with Gasteiger partial charge in [-0.3, -0.25) is 0 Å². The maximum Gasteiger partial charge on any atom is 0.335 e. The fourth-order valence-electron chi connectivity index (χ4n) is 1.74. The molecule has 0 bridgehead atoms. The van der Waals surface area contributed by atoms with Crippen LogP contribution in [0.3, 0.4) is 0 Å². The summed E-state index contributed by atoms with van der Waals surface area (Å²) >= 11 is 3.27. The topological polar surface area (TPSA) is 46.5 Å². The molecule has 0 atom stereocenters. The molecular weight excluding hydrogens is 327 g/mol. The van der Waals surface area contributed by atoms with Crippen molar-refractivity contribution in [1.29, 1.82) is 0 Å². The minimum absolute atomic E-state index is 0.220. The van der Waals surface area contributed by atoms with E-state index in [1.54, 1.807) is 25.1 Å². The number of benzene rings is 2. The SMILES string of the molecule is Cc1cc(C(=O)O)ccc1OCc1ccc(F)cc1Br.